The topological polar surface area (TPSA) is 111 Å². The van der Waals surface area contributed by atoms with E-state index in [0.29, 0.717) is 63.9 Å². The minimum absolute atomic E-state index is 0.110. The van der Waals surface area contributed by atoms with Crippen LogP contribution in [-0.4, -0.2) is 46.8 Å². The Balaban J connectivity index is 1.41. The monoisotopic (exact) mass is 605 g/mol. The second-order valence-electron chi connectivity index (χ2n) is 9.26. The molecule has 1 saturated heterocycles. The molecule has 42 heavy (non-hydrogen) atoms. The van der Waals surface area contributed by atoms with Gasteiger partial charge in [0.1, 0.15) is 30.5 Å². The van der Waals surface area contributed by atoms with Crippen LogP contribution in [-0.2, 0) is 15.3 Å². The third kappa shape index (κ3) is 5.30. The zero-order chi connectivity index (χ0) is 29.2. The highest BCUT2D eigenvalue weighted by Gasteiger charge is 2.48. The largest absolute Gasteiger partial charge is 0.507 e. The van der Waals surface area contributed by atoms with Crippen LogP contribution in [0.5, 0.6) is 17.2 Å². The summed E-state index contributed by atoms with van der Waals surface area (Å²) in [4.78, 5) is 28.3. The molecule has 214 valence electrons. The maximum absolute atomic E-state index is 14.1. The molecule has 2 aliphatic heterocycles. The van der Waals surface area contributed by atoms with Crippen molar-refractivity contribution in [1.29, 1.82) is 0 Å². The predicted octanol–water partition coefficient (Wildman–Crippen LogP) is 5.77. The summed E-state index contributed by atoms with van der Waals surface area (Å²) in [5.74, 6) is -0.620. The van der Waals surface area contributed by atoms with Gasteiger partial charge in [0.15, 0.2) is 15.8 Å². The Hall–Kier alpha value is -4.42. The number of hydrogen-bond acceptors (Lipinski definition) is 10. The molecule has 1 atom stereocenters. The molecule has 0 bridgehead atoms. The fraction of sp³-hybridized carbons (Fsp3) is 0.200. The number of benzene rings is 3. The second-order valence-corrected chi connectivity index (χ2v) is 11.4. The van der Waals surface area contributed by atoms with Crippen LogP contribution < -0.4 is 19.1 Å². The van der Waals surface area contributed by atoms with E-state index in [2.05, 4.69) is 10.2 Å². The van der Waals surface area contributed by atoms with E-state index in [1.165, 1.54) is 22.7 Å². The Kier molecular flexibility index (Phi) is 7.81. The van der Waals surface area contributed by atoms with Gasteiger partial charge in [0, 0.05) is 11.3 Å². The molecule has 6 rings (SSSR count). The molecule has 1 amide bonds. The molecule has 9 nitrogen and oxygen atoms in total. The van der Waals surface area contributed by atoms with Crippen LogP contribution >= 0.6 is 23.1 Å². The van der Waals surface area contributed by atoms with Crippen molar-refractivity contribution in [3.05, 3.63) is 94.8 Å². The van der Waals surface area contributed by atoms with Crippen LogP contribution in [0.4, 0.5) is 9.52 Å². The number of carbonyl (C=O) groups is 2. The number of carbonyl (C=O) groups excluding carboxylic acids is 2. The van der Waals surface area contributed by atoms with E-state index in [4.69, 9.17) is 14.2 Å². The highest BCUT2D eigenvalue weighted by atomic mass is 32.2. The first kappa shape index (κ1) is 27.7. The third-order valence-electron chi connectivity index (χ3n) is 6.66. The van der Waals surface area contributed by atoms with Gasteiger partial charge in [-0.1, -0.05) is 53.4 Å². The van der Waals surface area contributed by atoms with Crippen molar-refractivity contribution in [3.63, 3.8) is 0 Å². The van der Waals surface area contributed by atoms with Crippen LogP contribution in [0, 0.1) is 5.82 Å². The van der Waals surface area contributed by atoms with Crippen LogP contribution in [0.15, 0.2) is 76.6 Å². The molecular formula is C30H24FN3O6S2. The fourth-order valence-electron chi connectivity index (χ4n) is 4.75. The Morgan fingerprint density at radius 1 is 1.07 bits per heavy atom. The van der Waals surface area contributed by atoms with Crippen molar-refractivity contribution in [2.45, 2.75) is 23.1 Å². The molecule has 1 fully saturated rings. The smallest absolute Gasteiger partial charge is 0.301 e. The molecule has 2 aliphatic rings. The first-order valence-electron chi connectivity index (χ1n) is 13.1. The number of rotatable bonds is 8. The van der Waals surface area contributed by atoms with Crippen LogP contribution in [0.2, 0.25) is 0 Å². The van der Waals surface area contributed by atoms with Crippen molar-refractivity contribution in [1.82, 2.24) is 10.2 Å². The number of aliphatic hydroxyl groups is 1. The summed E-state index contributed by atoms with van der Waals surface area (Å²) >= 11 is 2.37. The molecule has 0 saturated carbocycles. The minimum Gasteiger partial charge on any atom is -0.507 e. The van der Waals surface area contributed by atoms with Gasteiger partial charge in [-0.15, -0.1) is 10.2 Å². The molecule has 3 heterocycles. The average molecular weight is 606 g/mol. The van der Waals surface area contributed by atoms with E-state index in [1.807, 2.05) is 6.92 Å². The van der Waals surface area contributed by atoms with Crippen molar-refractivity contribution in [2.75, 3.05) is 24.7 Å². The number of Topliss-reactive ketones (excluding diaryl/α,β-unsaturated/α-hetero) is 1. The van der Waals surface area contributed by atoms with Gasteiger partial charge in [-0.05, 0) is 54.4 Å². The summed E-state index contributed by atoms with van der Waals surface area (Å²) in [6.45, 7) is 3.02. The van der Waals surface area contributed by atoms with Gasteiger partial charge in [-0.2, -0.15) is 0 Å². The van der Waals surface area contributed by atoms with E-state index in [-0.39, 0.29) is 22.3 Å². The van der Waals surface area contributed by atoms with Gasteiger partial charge in [0.25, 0.3) is 5.78 Å². The summed E-state index contributed by atoms with van der Waals surface area (Å²) in [6, 6.07) is 17.2. The summed E-state index contributed by atoms with van der Waals surface area (Å²) in [5.41, 5.74) is 1.23. The van der Waals surface area contributed by atoms with Gasteiger partial charge < -0.3 is 19.3 Å². The second kappa shape index (κ2) is 11.8. The summed E-state index contributed by atoms with van der Waals surface area (Å²) in [7, 11) is 0. The number of ether oxygens (including phenoxy) is 3. The Morgan fingerprint density at radius 3 is 2.69 bits per heavy atom. The summed E-state index contributed by atoms with van der Waals surface area (Å²) in [6.07, 6.45) is 0. The lowest BCUT2D eigenvalue weighted by atomic mass is 9.95. The maximum atomic E-state index is 14.1. The lowest BCUT2D eigenvalue weighted by Gasteiger charge is -2.23. The number of anilines is 1. The van der Waals surface area contributed by atoms with Gasteiger partial charge in [-0.3, -0.25) is 14.5 Å². The standard InChI is InChI=1S/C30H24FN3O6S2/c1-2-38-20-8-5-7-17(14-20)25-24(26(35)18-10-11-22-23(15-18)40-13-12-39-22)27(36)28(37)34(25)29-32-33-30(42-29)41-16-19-6-3-4-9-21(19)31/h3-11,14-15,25,35H,2,12-13,16H2,1H3/t25-/m1/s1. The van der Waals surface area contributed by atoms with Crippen molar-refractivity contribution in [2.24, 2.45) is 0 Å². The van der Waals surface area contributed by atoms with Gasteiger partial charge in [0.05, 0.1) is 18.2 Å². The highest BCUT2D eigenvalue weighted by molar-refractivity contribution is 8.00. The number of amides is 1. The highest BCUT2D eigenvalue weighted by Crippen LogP contribution is 2.45. The van der Waals surface area contributed by atoms with Gasteiger partial charge >= 0.3 is 5.91 Å². The zero-order valence-corrected chi connectivity index (χ0v) is 23.9. The molecule has 0 spiro atoms. The predicted molar refractivity (Wildman–Crippen MR) is 156 cm³/mol. The molecule has 12 heteroatoms. The summed E-state index contributed by atoms with van der Waals surface area (Å²) in [5, 5.41) is 20.1. The average Bonchev–Trinajstić information content (AvgIpc) is 3.58. The number of hydrogen-bond donors (Lipinski definition) is 1. The number of ketones is 1. The van der Waals surface area contributed by atoms with Gasteiger partial charge in [-0.25, -0.2) is 4.39 Å². The van der Waals surface area contributed by atoms with Crippen LogP contribution in [0.1, 0.15) is 29.7 Å². The first-order chi connectivity index (χ1) is 20.4. The zero-order valence-electron chi connectivity index (χ0n) is 22.3. The first-order valence-corrected chi connectivity index (χ1v) is 14.9. The number of halogens is 1. The lowest BCUT2D eigenvalue weighted by Crippen LogP contribution is -2.29. The molecule has 3 aromatic carbocycles. The quantitative estimate of drug-likeness (QED) is 0.0880. The van der Waals surface area contributed by atoms with Crippen molar-refractivity contribution in [3.8, 4) is 17.2 Å². The lowest BCUT2D eigenvalue weighted by molar-refractivity contribution is -0.132. The van der Waals surface area contributed by atoms with E-state index in [9.17, 15) is 19.1 Å². The Bertz CT molecular complexity index is 1710. The fourth-order valence-corrected chi connectivity index (χ4v) is 6.60. The molecule has 1 N–H and O–H groups in total. The minimum atomic E-state index is -1.02. The van der Waals surface area contributed by atoms with E-state index in [1.54, 1.807) is 60.7 Å². The summed E-state index contributed by atoms with van der Waals surface area (Å²) < 4.78 is 31.5. The number of aromatic nitrogens is 2. The molecule has 0 aliphatic carbocycles. The van der Waals surface area contributed by atoms with Crippen molar-refractivity contribution < 1.29 is 33.3 Å². The molecule has 1 aromatic heterocycles. The molecule has 0 unspecified atom stereocenters. The number of nitrogens with zero attached hydrogens (tertiary/aromatic N) is 3. The Labute approximate surface area is 248 Å². The number of thioether (sulfide) groups is 1. The molecular weight excluding hydrogens is 581 g/mol. The third-order valence-corrected chi connectivity index (χ3v) is 8.76. The number of aliphatic hydroxyl groups excluding tert-OH is 1. The van der Waals surface area contributed by atoms with Crippen LogP contribution in [0.3, 0.4) is 0 Å². The van der Waals surface area contributed by atoms with Gasteiger partial charge in [0.2, 0.25) is 5.13 Å². The van der Waals surface area contributed by atoms with E-state index in [0.717, 1.165) is 11.3 Å². The molecule has 4 aromatic rings. The van der Waals surface area contributed by atoms with Crippen molar-refractivity contribution >= 4 is 45.7 Å². The van der Waals surface area contributed by atoms with E-state index < -0.39 is 17.7 Å². The maximum Gasteiger partial charge on any atom is 0.301 e. The van der Waals surface area contributed by atoms with Crippen LogP contribution in [0.25, 0.3) is 5.76 Å². The SMILES string of the molecule is CCOc1cccc([C@@H]2C(=C(O)c3ccc4c(c3)OCCO4)C(=O)C(=O)N2c2nnc(SCc3ccccc3F)s2)c1. The normalized spacial score (nSPS) is 17.5. The Morgan fingerprint density at radius 2 is 1.88 bits per heavy atom. The molecule has 0 radical (unpaired) electrons. The number of fused-ring (bicyclic) bond motifs is 1. The van der Waals surface area contributed by atoms with E-state index >= 15 is 0 Å².